The van der Waals surface area contributed by atoms with Crippen molar-refractivity contribution in [2.24, 2.45) is 5.92 Å². The quantitative estimate of drug-likeness (QED) is 0.504. The zero-order valence-corrected chi connectivity index (χ0v) is 13.9. The summed E-state index contributed by atoms with van der Waals surface area (Å²) in [5.41, 5.74) is -0.474. The second-order valence-corrected chi connectivity index (χ2v) is 6.59. The van der Waals surface area contributed by atoms with Crippen LogP contribution in [-0.2, 0) is 4.79 Å². The first-order valence-corrected chi connectivity index (χ1v) is 7.44. The summed E-state index contributed by atoms with van der Waals surface area (Å²) in [4.78, 5) is 41.3. The first-order valence-electron chi connectivity index (χ1n) is 6.11. The monoisotopic (exact) mass is 346 g/mol. The van der Waals surface area contributed by atoms with E-state index in [0.29, 0.717) is 0 Å². The normalized spacial score (nSPS) is 11.8. The van der Waals surface area contributed by atoms with Crippen molar-refractivity contribution in [2.75, 3.05) is 6.54 Å². The number of rotatable bonds is 6. The lowest BCUT2D eigenvalue weighted by Gasteiger charge is -2.10. The lowest BCUT2D eigenvalue weighted by Crippen LogP contribution is -2.33. The van der Waals surface area contributed by atoms with Gasteiger partial charge in [-0.2, -0.15) is 4.98 Å². The van der Waals surface area contributed by atoms with E-state index < -0.39 is 29.6 Å². The Kier molecular flexibility index (Phi) is 6.59. The molecule has 1 aromatic heterocycles. The van der Waals surface area contributed by atoms with Crippen molar-refractivity contribution in [3.05, 3.63) is 17.6 Å². The molecule has 0 aliphatic rings. The van der Waals surface area contributed by atoms with Crippen LogP contribution in [0.25, 0.3) is 0 Å². The van der Waals surface area contributed by atoms with Crippen LogP contribution in [0.2, 0.25) is 0 Å². The summed E-state index contributed by atoms with van der Waals surface area (Å²) in [5, 5.41) is 23.2. The maximum absolute atomic E-state index is 11.7. The van der Waals surface area contributed by atoms with Gasteiger partial charge in [0.2, 0.25) is 11.7 Å². The lowest BCUT2D eigenvalue weighted by atomic mass is 10.2. The Bertz CT molecular complexity index is 596. The van der Waals surface area contributed by atoms with Crippen molar-refractivity contribution in [3.63, 3.8) is 0 Å². The molecule has 11 heteroatoms. The smallest absolute Gasteiger partial charge is 0.308 e. The number of nitrogens with one attached hydrogen (secondary N) is 2. The van der Waals surface area contributed by atoms with Crippen molar-refractivity contribution in [1.29, 1.82) is 0 Å². The number of nitrogens with zero attached hydrogens (tertiary/aromatic N) is 2. The number of aliphatic carboxylic acids is 1. The fourth-order valence-electron chi connectivity index (χ4n) is 1.28. The van der Waals surface area contributed by atoms with Gasteiger partial charge in [-0.1, -0.05) is 6.92 Å². The van der Waals surface area contributed by atoms with Crippen LogP contribution < -0.4 is 10.6 Å². The zero-order chi connectivity index (χ0) is 16.9. The minimum absolute atomic E-state index is 0.109. The summed E-state index contributed by atoms with van der Waals surface area (Å²) in [6.07, 6.45) is 1.02. The van der Waals surface area contributed by atoms with E-state index in [1.54, 1.807) is 0 Å². The van der Waals surface area contributed by atoms with Crippen LogP contribution >= 0.6 is 18.5 Å². The second-order valence-electron chi connectivity index (χ2n) is 4.38. The molecule has 1 heterocycles. The number of amides is 2. The molecule has 0 aromatic carbocycles. The molecule has 4 N–H and O–H groups in total. The molecule has 0 fully saturated rings. The maximum Gasteiger partial charge on any atom is 0.308 e. The highest BCUT2D eigenvalue weighted by molar-refractivity contribution is 7.37. The summed E-state index contributed by atoms with van der Waals surface area (Å²) in [7, 11) is 4.64. The number of aromatic nitrogens is 2. The van der Waals surface area contributed by atoms with Crippen LogP contribution in [0, 0.1) is 5.92 Å². The third kappa shape index (κ3) is 5.16. The van der Waals surface area contributed by atoms with Crippen molar-refractivity contribution in [3.8, 4) is 5.88 Å². The Hall–Kier alpha value is -1.85. The third-order valence-corrected chi connectivity index (χ3v) is 2.84. The predicted molar refractivity (Wildman–Crippen MR) is 83.5 cm³/mol. The van der Waals surface area contributed by atoms with E-state index in [1.165, 1.54) is 6.92 Å². The van der Waals surface area contributed by atoms with Crippen molar-refractivity contribution < 1.29 is 24.6 Å². The molecule has 3 atom stereocenters. The summed E-state index contributed by atoms with van der Waals surface area (Å²) in [5.74, 6) is -4.17. The summed E-state index contributed by atoms with van der Waals surface area (Å²) in [6, 6.07) is 0. The fourth-order valence-corrected chi connectivity index (χ4v) is 1.59. The van der Waals surface area contributed by atoms with Crippen molar-refractivity contribution in [1.82, 2.24) is 20.6 Å². The van der Waals surface area contributed by atoms with Gasteiger partial charge in [0, 0.05) is 12.7 Å². The highest BCUT2D eigenvalue weighted by Crippen LogP contribution is 2.14. The molecule has 22 heavy (non-hydrogen) atoms. The SMILES string of the molecule is CC(CNC(=O)c1ncc(C(=O)NC(P)P)c(O)n1)C(=O)O. The van der Waals surface area contributed by atoms with Crippen molar-refractivity contribution >= 4 is 36.3 Å². The van der Waals surface area contributed by atoms with Gasteiger partial charge in [-0.15, -0.1) is 18.5 Å². The van der Waals surface area contributed by atoms with Crippen LogP contribution in [0.3, 0.4) is 0 Å². The molecule has 3 unspecified atom stereocenters. The number of hydrogen-bond donors (Lipinski definition) is 4. The average Bonchev–Trinajstić information content (AvgIpc) is 2.42. The highest BCUT2D eigenvalue weighted by Gasteiger charge is 2.19. The number of carbonyl (C=O) groups excluding carboxylic acids is 2. The van der Waals surface area contributed by atoms with Crippen LogP contribution in [0.1, 0.15) is 27.9 Å². The Balaban J connectivity index is 2.78. The van der Waals surface area contributed by atoms with Gasteiger partial charge in [0.1, 0.15) is 5.56 Å². The van der Waals surface area contributed by atoms with Gasteiger partial charge in [-0.05, 0) is 0 Å². The van der Waals surface area contributed by atoms with E-state index in [1.807, 2.05) is 0 Å². The minimum Gasteiger partial charge on any atom is -0.493 e. The summed E-state index contributed by atoms with van der Waals surface area (Å²) in [6.45, 7) is 1.32. The van der Waals surface area contributed by atoms with Crippen LogP contribution in [0.15, 0.2) is 6.20 Å². The van der Waals surface area contributed by atoms with Crippen molar-refractivity contribution in [2.45, 2.75) is 12.4 Å². The second kappa shape index (κ2) is 7.96. The molecule has 0 radical (unpaired) electrons. The van der Waals surface area contributed by atoms with E-state index in [0.717, 1.165) is 6.20 Å². The number of carbonyl (C=O) groups is 3. The Morgan fingerprint density at radius 1 is 1.32 bits per heavy atom. The largest absolute Gasteiger partial charge is 0.493 e. The number of carboxylic acids is 1. The summed E-state index contributed by atoms with van der Waals surface area (Å²) >= 11 is 0. The Labute approximate surface area is 130 Å². The third-order valence-electron chi connectivity index (χ3n) is 2.50. The van der Waals surface area contributed by atoms with E-state index in [-0.39, 0.29) is 23.5 Å². The predicted octanol–water partition coefficient (Wildman–Crippen LogP) is -0.604. The standard InChI is InChI=1S/C11H16N4O5P2/c1-4(10(19)20)2-13-9(18)6-12-3-5(7(16)14-6)8(17)15-11(21)22/h3-4,11H,2,21-22H2,1H3,(H,13,18)(H,15,17)(H,19,20)(H,12,14,16). The van der Waals surface area contributed by atoms with E-state index >= 15 is 0 Å². The molecule has 0 aliphatic heterocycles. The maximum atomic E-state index is 11.7. The van der Waals surface area contributed by atoms with Gasteiger partial charge >= 0.3 is 5.97 Å². The molecule has 9 nitrogen and oxygen atoms in total. The molecule has 0 aliphatic carbocycles. The lowest BCUT2D eigenvalue weighted by molar-refractivity contribution is -0.140. The van der Waals surface area contributed by atoms with Crippen LogP contribution in [0.4, 0.5) is 0 Å². The van der Waals surface area contributed by atoms with Crippen LogP contribution in [-0.4, -0.2) is 50.0 Å². The summed E-state index contributed by atoms with van der Waals surface area (Å²) < 4.78 is 0. The molecule has 1 rings (SSSR count). The van der Waals surface area contributed by atoms with E-state index in [9.17, 15) is 19.5 Å². The number of carboxylic acid groups (broad SMARTS) is 1. The number of aromatic hydroxyl groups is 1. The Morgan fingerprint density at radius 3 is 2.45 bits per heavy atom. The van der Waals surface area contributed by atoms with Gasteiger partial charge in [0.15, 0.2) is 0 Å². The molecule has 2 amide bonds. The van der Waals surface area contributed by atoms with Gasteiger partial charge in [-0.3, -0.25) is 14.4 Å². The van der Waals surface area contributed by atoms with Gasteiger partial charge in [-0.25, -0.2) is 4.98 Å². The highest BCUT2D eigenvalue weighted by atomic mass is 31.1. The molecule has 120 valence electrons. The van der Waals surface area contributed by atoms with E-state index in [2.05, 4.69) is 39.1 Å². The molecule has 0 saturated heterocycles. The Morgan fingerprint density at radius 2 is 1.95 bits per heavy atom. The van der Waals surface area contributed by atoms with Crippen LogP contribution in [0.5, 0.6) is 5.88 Å². The molecule has 0 spiro atoms. The molecule has 0 saturated carbocycles. The number of hydrogen-bond acceptors (Lipinski definition) is 6. The van der Waals surface area contributed by atoms with Gasteiger partial charge < -0.3 is 20.8 Å². The average molecular weight is 346 g/mol. The van der Waals surface area contributed by atoms with Gasteiger partial charge in [0.05, 0.1) is 11.4 Å². The molecule has 1 aromatic rings. The molecular weight excluding hydrogens is 330 g/mol. The topological polar surface area (TPSA) is 142 Å². The van der Waals surface area contributed by atoms with E-state index in [4.69, 9.17) is 5.11 Å². The first kappa shape index (κ1) is 18.2. The minimum atomic E-state index is -1.06. The zero-order valence-electron chi connectivity index (χ0n) is 11.6. The van der Waals surface area contributed by atoms with Gasteiger partial charge in [0.25, 0.3) is 11.8 Å². The first-order chi connectivity index (χ1) is 10.2. The molecular formula is C11H16N4O5P2. The fraction of sp³-hybridized carbons (Fsp3) is 0.364. The molecule has 0 bridgehead atoms.